The Bertz CT molecular complexity index is 1430. The lowest BCUT2D eigenvalue weighted by Gasteiger charge is -2.15. The van der Waals surface area contributed by atoms with E-state index in [2.05, 4.69) is 4.98 Å². The summed E-state index contributed by atoms with van der Waals surface area (Å²) < 4.78 is 74.2. The highest BCUT2D eigenvalue weighted by molar-refractivity contribution is 5.80. The van der Waals surface area contributed by atoms with Gasteiger partial charge >= 0.3 is 6.18 Å². The predicted molar refractivity (Wildman–Crippen MR) is 108 cm³/mol. The number of carbonyl (C=O) groups is 1. The van der Waals surface area contributed by atoms with Crippen molar-refractivity contribution >= 4 is 17.2 Å². The van der Waals surface area contributed by atoms with Crippen molar-refractivity contribution in [3.63, 3.8) is 0 Å². The maximum atomic E-state index is 14.0. The van der Waals surface area contributed by atoms with E-state index in [1.165, 1.54) is 41.2 Å². The highest BCUT2D eigenvalue weighted by Gasteiger charge is 2.35. The summed E-state index contributed by atoms with van der Waals surface area (Å²) in [7, 11) is 0. The molecule has 4 rings (SSSR count). The molecule has 0 aliphatic carbocycles. The zero-order valence-corrected chi connectivity index (χ0v) is 16.6. The second-order valence-corrected chi connectivity index (χ2v) is 7.07. The fourth-order valence-electron chi connectivity index (χ4n) is 3.27. The van der Waals surface area contributed by atoms with Crippen LogP contribution < -0.4 is 10.3 Å². The molecule has 0 amide bonds. The number of hydrogen-bond acceptors (Lipinski definition) is 4. The number of fused-ring (bicyclic) bond motifs is 1. The van der Waals surface area contributed by atoms with E-state index >= 15 is 0 Å². The Morgan fingerprint density at radius 1 is 1.00 bits per heavy atom. The Hall–Kier alpha value is -4.08. The fraction of sp³-hybridized carbons (Fsp3) is 0.0870. The van der Waals surface area contributed by atoms with Gasteiger partial charge in [0.25, 0.3) is 5.56 Å². The summed E-state index contributed by atoms with van der Waals surface area (Å²) in [5.74, 6) is -2.14. The van der Waals surface area contributed by atoms with Crippen molar-refractivity contribution in [3.05, 3.63) is 99.6 Å². The van der Waals surface area contributed by atoms with Crippen LogP contribution in [0.5, 0.6) is 11.5 Å². The standard InChI is InChI=1S/C23H13F5N2O3/c24-15-3-2-14(19(25)8-15)10-30-12-29-22(32)17-9-16(4-5-20(17)30)33-21-6-1-13(11-31)7-18(21)23(26,27)28/h1-9,11-12H,10H2. The van der Waals surface area contributed by atoms with Crippen LogP contribution in [0.15, 0.2) is 65.7 Å². The van der Waals surface area contributed by atoms with Gasteiger partial charge in [-0.15, -0.1) is 0 Å². The van der Waals surface area contributed by atoms with E-state index in [0.717, 1.165) is 18.2 Å². The van der Waals surface area contributed by atoms with Crippen LogP contribution in [0.25, 0.3) is 10.9 Å². The molecule has 4 aromatic rings. The summed E-state index contributed by atoms with van der Waals surface area (Å²) in [6.45, 7) is -0.0680. The molecule has 0 N–H and O–H groups in total. The first kappa shape index (κ1) is 22.1. The smallest absolute Gasteiger partial charge is 0.420 e. The molecule has 0 atom stereocenters. The van der Waals surface area contributed by atoms with Gasteiger partial charge in [-0.1, -0.05) is 6.07 Å². The van der Waals surface area contributed by atoms with E-state index in [4.69, 9.17) is 4.74 Å². The molecular weight excluding hydrogens is 447 g/mol. The SMILES string of the molecule is O=Cc1ccc(Oc2ccc3c(c2)c(=O)ncn3Cc2ccc(F)cc2F)c(C(F)(F)F)c1. The van der Waals surface area contributed by atoms with E-state index in [0.29, 0.717) is 11.6 Å². The number of carbonyl (C=O) groups excluding carboxylic acids is 1. The summed E-state index contributed by atoms with van der Waals surface area (Å²) in [4.78, 5) is 26.8. The third kappa shape index (κ3) is 4.59. The quantitative estimate of drug-likeness (QED) is 0.298. The number of ether oxygens (including phenoxy) is 1. The Kier molecular flexibility index (Phi) is 5.67. The lowest BCUT2D eigenvalue weighted by molar-refractivity contribution is -0.138. The molecule has 1 aromatic heterocycles. The zero-order chi connectivity index (χ0) is 23.8. The van der Waals surface area contributed by atoms with E-state index in [1.54, 1.807) is 0 Å². The average Bonchev–Trinajstić information content (AvgIpc) is 2.77. The monoisotopic (exact) mass is 460 g/mol. The molecule has 5 nitrogen and oxygen atoms in total. The molecule has 0 aliphatic heterocycles. The van der Waals surface area contributed by atoms with Crippen molar-refractivity contribution in [3.8, 4) is 11.5 Å². The summed E-state index contributed by atoms with van der Waals surface area (Å²) in [6, 6.07) is 9.90. The number of benzene rings is 3. The second kappa shape index (κ2) is 8.45. The summed E-state index contributed by atoms with van der Waals surface area (Å²) in [6.07, 6.45) is -3.31. The Morgan fingerprint density at radius 2 is 1.79 bits per heavy atom. The number of alkyl halides is 3. The van der Waals surface area contributed by atoms with E-state index < -0.39 is 34.7 Å². The van der Waals surface area contributed by atoms with Gasteiger partial charge in [0.05, 0.1) is 29.3 Å². The predicted octanol–water partition coefficient (Wildman–Crippen LogP) is 5.35. The van der Waals surface area contributed by atoms with Crippen molar-refractivity contribution in [2.75, 3.05) is 0 Å². The highest BCUT2D eigenvalue weighted by atomic mass is 19.4. The third-order valence-corrected chi connectivity index (χ3v) is 4.85. The molecule has 0 fully saturated rings. The lowest BCUT2D eigenvalue weighted by atomic mass is 10.1. The van der Waals surface area contributed by atoms with Gasteiger partial charge in [-0.2, -0.15) is 18.2 Å². The fourth-order valence-corrected chi connectivity index (χ4v) is 3.27. The first-order valence-electron chi connectivity index (χ1n) is 9.43. The second-order valence-electron chi connectivity index (χ2n) is 7.07. The van der Waals surface area contributed by atoms with Gasteiger partial charge in [0, 0.05) is 17.2 Å². The van der Waals surface area contributed by atoms with Gasteiger partial charge in [0.1, 0.15) is 29.4 Å². The van der Waals surface area contributed by atoms with Crippen LogP contribution in [0.2, 0.25) is 0 Å². The van der Waals surface area contributed by atoms with Crippen molar-refractivity contribution in [1.82, 2.24) is 9.55 Å². The first-order chi connectivity index (χ1) is 15.7. The molecule has 3 aromatic carbocycles. The minimum Gasteiger partial charge on any atom is -0.457 e. The van der Waals surface area contributed by atoms with Crippen molar-refractivity contribution in [2.45, 2.75) is 12.7 Å². The van der Waals surface area contributed by atoms with Gasteiger partial charge in [0.15, 0.2) is 0 Å². The Labute approximate surface area is 182 Å². The van der Waals surface area contributed by atoms with Crippen LogP contribution >= 0.6 is 0 Å². The van der Waals surface area contributed by atoms with Crippen LogP contribution in [0.1, 0.15) is 21.5 Å². The van der Waals surface area contributed by atoms with Gasteiger partial charge in [0.2, 0.25) is 0 Å². The molecule has 0 unspecified atom stereocenters. The molecule has 0 aliphatic rings. The van der Waals surface area contributed by atoms with Gasteiger partial charge in [-0.3, -0.25) is 9.59 Å². The number of halogens is 5. The maximum absolute atomic E-state index is 14.0. The zero-order valence-electron chi connectivity index (χ0n) is 16.6. The molecule has 1 heterocycles. The maximum Gasteiger partial charge on any atom is 0.420 e. The highest BCUT2D eigenvalue weighted by Crippen LogP contribution is 2.38. The van der Waals surface area contributed by atoms with Gasteiger partial charge < -0.3 is 9.30 Å². The van der Waals surface area contributed by atoms with Crippen molar-refractivity contribution in [2.24, 2.45) is 0 Å². The summed E-state index contributed by atoms with van der Waals surface area (Å²) >= 11 is 0. The molecular formula is C23H13F5N2O3. The average molecular weight is 460 g/mol. The first-order valence-corrected chi connectivity index (χ1v) is 9.43. The molecule has 168 valence electrons. The van der Waals surface area contributed by atoms with Crippen molar-refractivity contribution < 1.29 is 31.5 Å². The number of aromatic nitrogens is 2. The molecule has 0 spiro atoms. The summed E-state index contributed by atoms with van der Waals surface area (Å²) in [5, 5.41) is 0.0237. The number of nitrogens with zero attached hydrogens (tertiary/aromatic N) is 2. The lowest BCUT2D eigenvalue weighted by Crippen LogP contribution is -2.14. The minimum absolute atomic E-state index is 0.0237. The van der Waals surface area contributed by atoms with Crippen LogP contribution in [-0.2, 0) is 12.7 Å². The number of aldehydes is 1. The van der Waals surface area contributed by atoms with Crippen LogP contribution in [0, 0.1) is 11.6 Å². The summed E-state index contributed by atoms with van der Waals surface area (Å²) in [5.41, 5.74) is -1.53. The van der Waals surface area contributed by atoms with Gasteiger partial charge in [-0.05, 0) is 42.5 Å². The van der Waals surface area contributed by atoms with E-state index in [1.807, 2.05) is 0 Å². The van der Waals surface area contributed by atoms with Crippen LogP contribution in [0.3, 0.4) is 0 Å². The van der Waals surface area contributed by atoms with Crippen LogP contribution in [0.4, 0.5) is 22.0 Å². The van der Waals surface area contributed by atoms with Gasteiger partial charge in [-0.25, -0.2) is 8.78 Å². The largest absolute Gasteiger partial charge is 0.457 e. The Morgan fingerprint density at radius 3 is 2.48 bits per heavy atom. The minimum atomic E-state index is -4.78. The molecule has 0 saturated carbocycles. The topological polar surface area (TPSA) is 61.2 Å². The number of rotatable bonds is 5. The van der Waals surface area contributed by atoms with Crippen LogP contribution in [-0.4, -0.2) is 15.8 Å². The third-order valence-electron chi connectivity index (χ3n) is 4.85. The van der Waals surface area contributed by atoms with Crippen molar-refractivity contribution in [1.29, 1.82) is 0 Å². The van der Waals surface area contributed by atoms with E-state index in [-0.39, 0.29) is 35.1 Å². The molecule has 0 radical (unpaired) electrons. The Balaban J connectivity index is 1.73. The molecule has 33 heavy (non-hydrogen) atoms. The molecule has 0 bridgehead atoms. The number of hydrogen-bond donors (Lipinski definition) is 0. The molecule has 10 heteroatoms. The van der Waals surface area contributed by atoms with E-state index in [9.17, 15) is 31.5 Å². The molecule has 0 saturated heterocycles. The normalized spacial score (nSPS) is 11.5.